The van der Waals surface area contributed by atoms with Gasteiger partial charge in [0.05, 0.1) is 11.0 Å². The molecule has 2 aromatic rings. The van der Waals surface area contributed by atoms with Crippen molar-refractivity contribution >= 4 is 17.1 Å². The SMILES string of the molecule is CCc1cc(CCC(=O)c2sc(C)c3c2CCC(C)(C)C3)cc(C)c1CCC(C)O. The maximum atomic E-state index is 13.1. The molecule has 1 heterocycles. The average molecular weight is 427 g/mol. The lowest BCUT2D eigenvalue weighted by Gasteiger charge is -2.30. The van der Waals surface area contributed by atoms with Gasteiger partial charge >= 0.3 is 0 Å². The predicted octanol–water partition coefficient (Wildman–Crippen LogP) is 6.57. The molecule has 1 N–H and O–H groups in total. The molecule has 0 radical (unpaired) electrons. The van der Waals surface area contributed by atoms with E-state index in [4.69, 9.17) is 0 Å². The first kappa shape index (κ1) is 23.2. The van der Waals surface area contributed by atoms with E-state index in [1.54, 1.807) is 11.3 Å². The standard InChI is InChI=1S/C27H38O2S/c1-7-21-15-20(14-17(2)22(21)10-8-18(3)28)9-11-25(29)26-23-12-13-27(5,6)16-24(23)19(4)30-26/h14-15,18,28H,7-13,16H2,1-6H3. The smallest absolute Gasteiger partial charge is 0.173 e. The molecule has 0 saturated carbocycles. The molecule has 3 rings (SSSR count). The molecule has 164 valence electrons. The van der Waals surface area contributed by atoms with Crippen LogP contribution in [-0.2, 0) is 32.1 Å². The number of carbonyl (C=O) groups is 1. The Labute approximate surface area is 186 Å². The van der Waals surface area contributed by atoms with Crippen LogP contribution in [0.4, 0.5) is 0 Å². The summed E-state index contributed by atoms with van der Waals surface area (Å²) in [4.78, 5) is 15.5. The highest BCUT2D eigenvalue weighted by Gasteiger charge is 2.31. The molecule has 1 aliphatic rings. The number of rotatable bonds is 8. The molecule has 0 bridgehead atoms. The number of aryl methyl sites for hydroxylation is 4. The Morgan fingerprint density at radius 2 is 1.93 bits per heavy atom. The van der Waals surface area contributed by atoms with Crippen molar-refractivity contribution in [3.05, 3.63) is 55.3 Å². The van der Waals surface area contributed by atoms with Crippen molar-refractivity contribution in [1.29, 1.82) is 0 Å². The molecule has 2 nitrogen and oxygen atoms in total. The Kier molecular flexibility index (Phi) is 7.24. The monoisotopic (exact) mass is 426 g/mol. The Hall–Kier alpha value is -1.45. The number of fused-ring (bicyclic) bond motifs is 1. The summed E-state index contributed by atoms with van der Waals surface area (Å²) in [6.07, 6.45) is 7.15. The van der Waals surface area contributed by atoms with Gasteiger partial charge in [-0.05, 0) is 105 Å². The fourth-order valence-electron chi connectivity index (χ4n) is 4.89. The number of ketones is 1. The second kappa shape index (κ2) is 9.36. The minimum Gasteiger partial charge on any atom is -0.393 e. The average Bonchev–Trinajstić information content (AvgIpc) is 2.99. The van der Waals surface area contributed by atoms with Gasteiger partial charge in [0.25, 0.3) is 0 Å². The van der Waals surface area contributed by atoms with Gasteiger partial charge in [-0.15, -0.1) is 11.3 Å². The molecule has 1 aliphatic carbocycles. The number of thiophene rings is 1. The molecule has 0 saturated heterocycles. The lowest BCUT2D eigenvalue weighted by molar-refractivity contribution is 0.0985. The Balaban J connectivity index is 1.73. The summed E-state index contributed by atoms with van der Waals surface area (Å²) in [6.45, 7) is 13.1. The second-order valence-corrected chi connectivity index (χ2v) is 11.2. The number of benzene rings is 1. The molecule has 30 heavy (non-hydrogen) atoms. The van der Waals surface area contributed by atoms with Gasteiger partial charge < -0.3 is 5.11 Å². The lowest BCUT2D eigenvalue weighted by Crippen LogP contribution is -2.22. The molecule has 1 unspecified atom stereocenters. The molecule has 0 aliphatic heterocycles. The minimum atomic E-state index is -0.267. The number of carbonyl (C=O) groups excluding carboxylic acids is 1. The highest BCUT2D eigenvalue weighted by Crippen LogP contribution is 2.41. The highest BCUT2D eigenvalue weighted by atomic mass is 32.1. The van der Waals surface area contributed by atoms with Crippen LogP contribution in [0.3, 0.4) is 0 Å². The molecule has 1 atom stereocenters. The van der Waals surface area contributed by atoms with E-state index in [0.29, 0.717) is 17.6 Å². The van der Waals surface area contributed by atoms with E-state index >= 15 is 0 Å². The number of Topliss-reactive ketones (excluding diaryl/α,β-unsaturated/α-hetero) is 1. The molecule has 1 aromatic carbocycles. The van der Waals surface area contributed by atoms with Crippen LogP contribution in [0.15, 0.2) is 12.1 Å². The fourth-order valence-corrected chi connectivity index (χ4v) is 6.08. The molecular weight excluding hydrogens is 388 g/mol. The number of hydrogen-bond acceptors (Lipinski definition) is 3. The van der Waals surface area contributed by atoms with Crippen molar-refractivity contribution in [2.75, 3.05) is 0 Å². The molecule has 3 heteroatoms. The van der Waals surface area contributed by atoms with Gasteiger partial charge in [-0.2, -0.15) is 0 Å². The number of hydrogen-bond donors (Lipinski definition) is 1. The molecule has 0 amide bonds. The van der Waals surface area contributed by atoms with E-state index in [1.807, 2.05) is 6.92 Å². The quantitative estimate of drug-likeness (QED) is 0.485. The second-order valence-electron chi connectivity index (χ2n) is 10.0. The third-order valence-electron chi connectivity index (χ3n) is 6.74. The van der Waals surface area contributed by atoms with Crippen molar-refractivity contribution < 1.29 is 9.90 Å². The Morgan fingerprint density at radius 1 is 1.20 bits per heavy atom. The third-order valence-corrected chi connectivity index (χ3v) is 7.97. The number of aliphatic hydroxyl groups is 1. The van der Waals surface area contributed by atoms with Crippen molar-refractivity contribution in [2.24, 2.45) is 5.41 Å². The van der Waals surface area contributed by atoms with Gasteiger partial charge in [0, 0.05) is 11.3 Å². The van der Waals surface area contributed by atoms with Gasteiger partial charge in [0.15, 0.2) is 5.78 Å². The summed E-state index contributed by atoms with van der Waals surface area (Å²) < 4.78 is 0. The molecular formula is C27H38O2S. The van der Waals surface area contributed by atoms with Crippen molar-refractivity contribution in [2.45, 2.75) is 99.0 Å². The van der Waals surface area contributed by atoms with Gasteiger partial charge in [-0.1, -0.05) is 32.9 Å². The van der Waals surface area contributed by atoms with Gasteiger partial charge in [0.1, 0.15) is 0 Å². The van der Waals surface area contributed by atoms with E-state index in [1.165, 1.54) is 44.7 Å². The third kappa shape index (κ3) is 5.23. The summed E-state index contributed by atoms with van der Waals surface area (Å²) >= 11 is 1.72. The number of aliphatic hydroxyl groups excluding tert-OH is 1. The summed E-state index contributed by atoms with van der Waals surface area (Å²) in [5, 5.41) is 9.65. The van der Waals surface area contributed by atoms with Crippen LogP contribution in [0.25, 0.3) is 0 Å². The van der Waals surface area contributed by atoms with E-state index in [2.05, 4.69) is 46.8 Å². The largest absolute Gasteiger partial charge is 0.393 e. The zero-order valence-corrected chi connectivity index (χ0v) is 20.5. The maximum absolute atomic E-state index is 13.1. The van der Waals surface area contributed by atoms with Crippen LogP contribution in [0.2, 0.25) is 0 Å². The van der Waals surface area contributed by atoms with Crippen LogP contribution in [0.1, 0.15) is 94.9 Å². The van der Waals surface area contributed by atoms with Crippen LogP contribution in [0, 0.1) is 19.3 Å². The topological polar surface area (TPSA) is 37.3 Å². The maximum Gasteiger partial charge on any atom is 0.173 e. The first-order valence-electron chi connectivity index (χ1n) is 11.5. The summed E-state index contributed by atoms with van der Waals surface area (Å²) in [5.74, 6) is 0.318. The van der Waals surface area contributed by atoms with Gasteiger partial charge in [0.2, 0.25) is 0 Å². The highest BCUT2D eigenvalue weighted by molar-refractivity contribution is 7.14. The first-order valence-corrected chi connectivity index (χ1v) is 12.4. The van der Waals surface area contributed by atoms with Crippen LogP contribution in [-0.4, -0.2) is 17.0 Å². The van der Waals surface area contributed by atoms with Crippen LogP contribution in [0.5, 0.6) is 0 Å². The predicted molar refractivity (Wildman–Crippen MR) is 128 cm³/mol. The van der Waals surface area contributed by atoms with E-state index < -0.39 is 0 Å². The van der Waals surface area contributed by atoms with Crippen LogP contribution < -0.4 is 0 Å². The summed E-state index contributed by atoms with van der Waals surface area (Å²) in [6, 6.07) is 4.54. The lowest BCUT2D eigenvalue weighted by atomic mass is 9.74. The first-order chi connectivity index (χ1) is 14.1. The zero-order chi connectivity index (χ0) is 22.1. The van der Waals surface area contributed by atoms with E-state index in [0.717, 1.165) is 43.4 Å². The molecule has 0 fully saturated rings. The van der Waals surface area contributed by atoms with Crippen molar-refractivity contribution in [3.8, 4) is 0 Å². The van der Waals surface area contributed by atoms with Gasteiger partial charge in [-0.3, -0.25) is 4.79 Å². The Morgan fingerprint density at radius 3 is 2.60 bits per heavy atom. The fraction of sp³-hybridized carbons (Fsp3) is 0.593. The van der Waals surface area contributed by atoms with Gasteiger partial charge in [-0.25, -0.2) is 0 Å². The zero-order valence-electron chi connectivity index (χ0n) is 19.7. The normalized spacial score (nSPS) is 16.4. The molecule has 1 aromatic heterocycles. The Bertz CT molecular complexity index is 917. The summed E-state index contributed by atoms with van der Waals surface area (Å²) in [7, 11) is 0. The van der Waals surface area contributed by atoms with Crippen molar-refractivity contribution in [3.63, 3.8) is 0 Å². The van der Waals surface area contributed by atoms with Crippen molar-refractivity contribution in [1.82, 2.24) is 0 Å². The van der Waals surface area contributed by atoms with E-state index in [9.17, 15) is 9.90 Å². The summed E-state index contributed by atoms with van der Waals surface area (Å²) in [5.41, 5.74) is 8.45. The minimum absolute atomic E-state index is 0.267. The van der Waals surface area contributed by atoms with E-state index in [-0.39, 0.29) is 6.10 Å². The van der Waals surface area contributed by atoms with Crippen LogP contribution >= 0.6 is 11.3 Å². The molecule has 0 spiro atoms.